The van der Waals surface area contributed by atoms with E-state index in [1.165, 1.54) is 6.42 Å². The summed E-state index contributed by atoms with van der Waals surface area (Å²) < 4.78 is 0. The van der Waals surface area contributed by atoms with Gasteiger partial charge in [-0.2, -0.15) is 0 Å². The predicted octanol–water partition coefficient (Wildman–Crippen LogP) is 2.96. The summed E-state index contributed by atoms with van der Waals surface area (Å²) in [6, 6.07) is 6.54. The summed E-state index contributed by atoms with van der Waals surface area (Å²) in [5.74, 6) is 0.338. The number of carbonyl (C=O) groups excluding carboxylic acids is 1. The molecule has 1 saturated heterocycles. The molecule has 0 saturated carbocycles. The Morgan fingerprint density at radius 2 is 2.00 bits per heavy atom. The zero-order valence-corrected chi connectivity index (χ0v) is 13.2. The fourth-order valence-corrected chi connectivity index (χ4v) is 2.93. The lowest BCUT2D eigenvalue weighted by Gasteiger charge is -2.18. The molecule has 1 atom stereocenters. The number of carboxylic acids is 1. The number of aromatic carboxylic acids is 1. The van der Waals surface area contributed by atoms with Crippen LogP contribution >= 0.6 is 0 Å². The Balaban J connectivity index is 1.79. The van der Waals surface area contributed by atoms with Crippen LogP contribution in [0.1, 0.15) is 42.6 Å². The summed E-state index contributed by atoms with van der Waals surface area (Å²) in [5, 5.41) is 11.8. The van der Waals surface area contributed by atoms with E-state index in [0.29, 0.717) is 18.4 Å². The molecule has 5 nitrogen and oxygen atoms in total. The number of benzene rings is 1. The standard InChI is InChI=1S/C17H24N2O3/c1-12(2)9-14-7-8-19(11-14)17(22)18-10-13-3-5-15(6-4-13)16(20)21/h3-6,12,14H,7-11H2,1-2H3,(H,18,22)(H,20,21). The second-order valence-electron chi connectivity index (χ2n) is 6.39. The molecule has 2 amide bonds. The Kier molecular flexibility index (Phi) is 5.41. The summed E-state index contributed by atoms with van der Waals surface area (Å²) in [5.41, 5.74) is 1.16. The Bertz CT molecular complexity index is 525. The first-order chi connectivity index (χ1) is 10.5. The van der Waals surface area contributed by atoms with Crippen molar-refractivity contribution < 1.29 is 14.7 Å². The van der Waals surface area contributed by atoms with Gasteiger partial charge in [-0.15, -0.1) is 0 Å². The molecule has 5 heteroatoms. The number of carboxylic acid groups (broad SMARTS) is 1. The molecule has 0 radical (unpaired) electrons. The van der Waals surface area contributed by atoms with Crippen molar-refractivity contribution in [1.29, 1.82) is 0 Å². The smallest absolute Gasteiger partial charge is 0.335 e. The molecule has 2 N–H and O–H groups in total. The molecular formula is C17H24N2O3. The SMILES string of the molecule is CC(C)CC1CCN(C(=O)NCc2ccc(C(=O)O)cc2)C1. The average molecular weight is 304 g/mol. The summed E-state index contributed by atoms with van der Waals surface area (Å²) in [6.07, 6.45) is 2.25. The van der Waals surface area contributed by atoms with Gasteiger partial charge < -0.3 is 15.3 Å². The van der Waals surface area contributed by atoms with Crippen LogP contribution in [0.15, 0.2) is 24.3 Å². The molecule has 0 aliphatic carbocycles. The second-order valence-corrected chi connectivity index (χ2v) is 6.39. The van der Waals surface area contributed by atoms with E-state index in [0.717, 1.165) is 25.1 Å². The Labute approximate surface area is 131 Å². The van der Waals surface area contributed by atoms with E-state index in [1.807, 2.05) is 4.90 Å². The largest absolute Gasteiger partial charge is 0.478 e. The number of carbonyl (C=O) groups is 2. The van der Waals surface area contributed by atoms with Gasteiger partial charge in [-0.05, 0) is 42.4 Å². The second kappa shape index (κ2) is 7.29. The lowest BCUT2D eigenvalue weighted by molar-refractivity contribution is 0.0697. The van der Waals surface area contributed by atoms with Gasteiger partial charge in [0, 0.05) is 19.6 Å². The van der Waals surface area contributed by atoms with Gasteiger partial charge in [0.25, 0.3) is 0 Å². The maximum Gasteiger partial charge on any atom is 0.335 e. The van der Waals surface area contributed by atoms with Crippen molar-refractivity contribution in [2.45, 2.75) is 33.2 Å². The maximum atomic E-state index is 12.1. The van der Waals surface area contributed by atoms with Crippen LogP contribution in [-0.4, -0.2) is 35.1 Å². The first kappa shape index (κ1) is 16.3. The Morgan fingerprint density at radius 1 is 1.32 bits per heavy atom. The van der Waals surface area contributed by atoms with E-state index in [2.05, 4.69) is 19.2 Å². The van der Waals surface area contributed by atoms with Crippen molar-refractivity contribution in [2.75, 3.05) is 13.1 Å². The highest BCUT2D eigenvalue weighted by molar-refractivity contribution is 5.87. The number of hydrogen-bond acceptors (Lipinski definition) is 2. The monoisotopic (exact) mass is 304 g/mol. The minimum absolute atomic E-state index is 0.0337. The summed E-state index contributed by atoms with van der Waals surface area (Å²) in [4.78, 5) is 24.8. The van der Waals surface area contributed by atoms with Gasteiger partial charge in [0.05, 0.1) is 5.56 Å². The van der Waals surface area contributed by atoms with Crippen LogP contribution in [0.25, 0.3) is 0 Å². The van der Waals surface area contributed by atoms with E-state index < -0.39 is 5.97 Å². The minimum atomic E-state index is -0.941. The van der Waals surface area contributed by atoms with Gasteiger partial charge in [-0.1, -0.05) is 26.0 Å². The van der Waals surface area contributed by atoms with Crippen molar-refractivity contribution in [2.24, 2.45) is 11.8 Å². The van der Waals surface area contributed by atoms with Gasteiger partial charge in [-0.3, -0.25) is 0 Å². The molecule has 1 aromatic rings. The number of urea groups is 1. The van der Waals surface area contributed by atoms with Crippen LogP contribution in [0.2, 0.25) is 0 Å². The number of rotatable bonds is 5. The minimum Gasteiger partial charge on any atom is -0.478 e. The molecule has 1 fully saturated rings. The number of nitrogens with one attached hydrogen (secondary N) is 1. The van der Waals surface area contributed by atoms with Gasteiger partial charge in [0.15, 0.2) is 0 Å². The van der Waals surface area contributed by atoms with E-state index in [-0.39, 0.29) is 11.6 Å². The molecule has 1 heterocycles. The first-order valence-corrected chi connectivity index (χ1v) is 7.80. The molecule has 0 spiro atoms. The van der Waals surface area contributed by atoms with Crippen molar-refractivity contribution in [3.63, 3.8) is 0 Å². The Hall–Kier alpha value is -2.04. The van der Waals surface area contributed by atoms with Crippen LogP contribution in [0.4, 0.5) is 4.79 Å². The average Bonchev–Trinajstić information content (AvgIpc) is 2.93. The normalized spacial score (nSPS) is 17.8. The lowest BCUT2D eigenvalue weighted by Crippen LogP contribution is -2.38. The van der Waals surface area contributed by atoms with Gasteiger partial charge in [0.2, 0.25) is 0 Å². The molecule has 1 aliphatic rings. The highest BCUT2D eigenvalue weighted by Gasteiger charge is 2.26. The van der Waals surface area contributed by atoms with Crippen LogP contribution in [0.3, 0.4) is 0 Å². The molecule has 22 heavy (non-hydrogen) atoms. The van der Waals surface area contributed by atoms with Crippen LogP contribution < -0.4 is 5.32 Å². The third-order valence-electron chi connectivity index (χ3n) is 4.02. The lowest BCUT2D eigenvalue weighted by atomic mass is 9.97. The molecule has 2 rings (SSSR count). The van der Waals surface area contributed by atoms with Gasteiger partial charge in [0.1, 0.15) is 0 Å². The molecule has 0 bridgehead atoms. The topological polar surface area (TPSA) is 69.6 Å². The van der Waals surface area contributed by atoms with Crippen LogP contribution in [0.5, 0.6) is 0 Å². The van der Waals surface area contributed by atoms with Crippen molar-refractivity contribution in [1.82, 2.24) is 10.2 Å². The number of likely N-dealkylation sites (tertiary alicyclic amines) is 1. The van der Waals surface area contributed by atoms with Crippen molar-refractivity contribution in [3.05, 3.63) is 35.4 Å². The fourth-order valence-electron chi connectivity index (χ4n) is 2.93. The van der Waals surface area contributed by atoms with Crippen molar-refractivity contribution >= 4 is 12.0 Å². The fraction of sp³-hybridized carbons (Fsp3) is 0.529. The number of nitrogens with zero attached hydrogens (tertiary/aromatic N) is 1. The zero-order valence-electron chi connectivity index (χ0n) is 13.2. The van der Waals surface area contributed by atoms with E-state index in [1.54, 1.807) is 24.3 Å². The quantitative estimate of drug-likeness (QED) is 0.878. The molecule has 0 aromatic heterocycles. The van der Waals surface area contributed by atoms with Crippen LogP contribution in [0, 0.1) is 11.8 Å². The zero-order chi connectivity index (χ0) is 16.1. The van der Waals surface area contributed by atoms with Gasteiger partial charge >= 0.3 is 12.0 Å². The molecule has 1 unspecified atom stereocenters. The molecule has 1 aliphatic heterocycles. The highest BCUT2D eigenvalue weighted by Crippen LogP contribution is 2.23. The molecular weight excluding hydrogens is 280 g/mol. The van der Waals surface area contributed by atoms with E-state index >= 15 is 0 Å². The van der Waals surface area contributed by atoms with E-state index in [4.69, 9.17) is 5.11 Å². The number of hydrogen-bond donors (Lipinski definition) is 2. The highest BCUT2D eigenvalue weighted by atomic mass is 16.4. The third kappa shape index (κ3) is 4.48. The Morgan fingerprint density at radius 3 is 2.59 bits per heavy atom. The third-order valence-corrected chi connectivity index (χ3v) is 4.02. The predicted molar refractivity (Wildman–Crippen MR) is 84.8 cm³/mol. The first-order valence-electron chi connectivity index (χ1n) is 7.80. The molecule has 120 valence electrons. The van der Waals surface area contributed by atoms with Crippen LogP contribution in [-0.2, 0) is 6.54 Å². The molecule has 1 aromatic carbocycles. The van der Waals surface area contributed by atoms with Crippen molar-refractivity contribution in [3.8, 4) is 0 Å². The van der Waals surface area contributed by atoms with E-state index in [9.17, 15) is 9.59 Å². The van der Waals surface area contributed by atoms with Gasteiger partial charge in [-0.25, -0.2) is 9.59 Å². The maximum absolute atomic E-state index is 12.1. The summed E-state index contributed by atoms with van der Waals surface area (Å²) >= 11 is 0. The summed E-state index contributed by atoms with van der Waals surface area (Å²) in [6.45, 7) is 6.50. The number of amides is 2. The summed E-state index contributed by atoms with van der Waals surface area (Å²) in [7, 11) is 0.